The van der Waals surface area contributed by atoms with Gasteiger partial charge < -0.3 is 68.5 Å². The molecule has 22 heteroatoms. The fraction of sp³-hybridized carbons (Fsp3) is 0.478. The summed E-state index contributed by atoms with van der Waals surface area (Å²) in [6, 6.07) is 19.1. The molecule has 3 heterocycles. The monoisotopic (exact) mass is 1330 g/mol. The van der Waals surface area contributed by atoms with Crippen LogP contribution in [0.25, 0.3) is 0 Å². The fourth-order valence-corrected chi connectivity index (χ4v) is 19.5. The van der Waals surface area contributed by atoms with Crippen LogP contribution in [-0.2, 0) is 74.3 Å². The SMILES string of the molecule is Cc1cc(C(C)(C)C)c2c(c1)C(O)(O)c1cc(C)cc(C(C)(C)C)c1OP(=O)([O][Al]([O]P1(=O)Oc3c(C(C)(C)C)cc(C)cc3C(O)(O)c3cc(C)cc(C(C)(C)C)c3O1)[O]P1(=O)Oc3c(C(C)(C)C)cc(C)cc3C(O)(O)c3cc(C)cc(C(C)(C)C)c3O1)O2. The average molecular weight is 1330 g/mol. The van der Waals surface area contributed by atoms with Gasteiger partial charge in [-0.15, -0.1) is 0 Å². The maximum atomic E-state index is 17.0. The highest BCUT2D eigenvalue weighted by atomic mass is 31.2. The van der Waals surface area contributed by atoms with Crippen LogP contribution in [0.4, 0.5) is 0 Å². The highest BCUT2D eigenvalue weighted by Gasteiger charge is 2.61. The minimum Gasteiger partial charge on any atom is -0.396 e. The van der Waals surface area contributed by atoms with Gasteiger partial charge in [-0.3, -0.25) is 0 Å². The van der Waals surface area contributed by atoms with Gasteiger partial charge in [0.1, 0.15) is 34.5 Å². The minimum absolute atomic E-state index is 0.269. The molecule has 0 aromatic heterocycles. The smallest absolute Gasteiger partial charge is 0.396 e. The van der Waals surface area contributed by atoms with Crippen LogP contribution in [0.15, 0.2) is 72.8 Å². The first-order valence-electron chi connectivity index (χ1n) is 30.4. The molecule has 6 aromatic rings. The van der Waals surface area contributed by atoms with Crippen LogP contribution in [0, 0.1) is 41.5 Å². The van der Waals surface area contributed by atoms with E-state index in [0.717, 1.165) is 0 Å². The van der Waals surface area contributed by atoms with Crippen LogP contribution in [0.3, 0.4) is 0 Å². The van der Waals surface area contributed by atoms with E-state index in [1.807, 2.05) is 125 Å². The molecule has 0 amide bonds. The van der Waals surface area contributed by atoms with E-state index in [4.69, 9.17) is 37.9 Å². The Morgan fingerprint density at radius 3 is 0.538 bits per heavy atom. The molecular weight excluding hydrogens is 1240 g/mol. The highest BCUT2D eigenvalue weighted by Crippen LogP contribution is 2.67. The van der Waals surface area contributed by atoms with E-state index in [1.54, 1.807) is 77.9 Å². The molecule has 0 spiro atoms. The number of hydrogen-bond donors (Lipinski definition) is 6. The fourth-order valence-electron chi connectivity index (χ4n) is 11.8. The number of aryl methyl sites for hydroxylation is 6. The Balaban J connectivity index is 1.41. The molecule has 0 radical (unpaired) electrons. The van der Waals surface area contributed by atoms with Crippen LogP contribution in [-0.4, -0.2) is 45.8 Å². The van der Waals surface area contributed by atoms with Crippen molar-refractivity contribution >= 4 is 38.6 Å². The largest absolute Gasteiger partial charge is 0.936 e. The maximum Gasteiger partial charge on any atom is 0.936 e. The molecule has 0 fully saturated rings. The summed E-state index contributed by atoms with van der Waals surface area (Å²) >= 11 is -5.36. The van der Waals surface area contributed by atoms with Crippen LogP contribution in [0.2, 0.25) is 0 Å². The topological polar surface area (TPSA) is 256 Å². The van der Waals surface area contributed by atoms with Crippen LogP contribution >= 0.6 is 23.5 Å². The predicted octanol–water partition coefficient (Wildman–Crippen LogP) is 16.0. The Bertz CT molecular complexity index is 3450. The average Bonchev–Trinajstić information content (AvgIpc) is 0.738. The molecule has 0 saturated carbocycles. The van der Waals surface area contributed by atoms with E-state index in [9.17, 15) is 30.6 Å². The summed E-state index contributed by atoms with van der Waals surface area (Å²) in [7, 11) is -17.2. The predicted molar refractivity (Wildman–Crippen MR) is 351 cm³/mol. The second kappa shape index (κ2) is 22.6. The van der Waals surface area contributed by atoms with E-state index in [0.29, 0.717) is 66.8 Å². The summed E-state index contributed by atoms with van der Waals surface area (Å²) in [5.41, 5.74) is -1.93. The molecule has 6 N–H and O–H groups in total. The summed E-state index contributed by atoms with van der Waals surface area (Å²) in [6.45, 7) is 43.3. The second-order valence-electron chi connectivity index (χ2n) is 31.1. The lowest BCUT2D eigenvalue weighted by atomic mass is 9.80. The standard InChI is InChI=1S/3C23H31O6P.Al/c3*1-13-9-15(21(3,4)5)19-17(11-13)23(24,25)18-12-14(2)10-16(22(6,7)8)20(18)29-30(26,27)28-19;/h3*9-12,24-25H,1-8H3,(H,26,27);/q;;;+3/p-3. The molecule has 492 valence electrons. The van der Waals surface area contributed by atoms with Gasteiger partial charge in [0.05, 0.1) is 33.4 Å². The molecular formula is C69H90AlO18P3. The summed E-state index contributed by atoms with van der Waals surface area (Å²) in [6.07, 6.45) is 0. The summed E-state index contributed by atoms with van der Waals surface area (Å²) < 4.78 is 111. The number of fused-ring (bicyclic) bond motifs is 6. The van der Waals surface area contributed by atoms with Crippen molar-refractivity contribution in [3.63, 3.8) is 0 Å². The van der Waals surface area contributed by atoms with Gasteiger partial charge >= 0.3 is 38.6 Å². The van der Waals surface area contributed by atoms with Crippen LogP contribution < -0.4 is 27.1 Å². The lowest BCUT2D eigenvalue weighted by Gasteiger charge is -2.39. The van der Waals surface area contributed by atoms with E-state index >= 15 is 13.7 Å². The summed E-state index contributed by atoms with van der Waals surface area (Å²) in [5, 5.41) is 76.6. The van der Waals surface area contributed by atoms with E-state index in [2.05, 4.69) is 0 Å². The molecule has 0 saturated heterocycles. The van der Waals surface area contributed by atoms with E-state index in [-0.39, 0.29) is 67.9 Å². The molecule has 18 nitrogen and oxygen atoms in total. The van der Waals surface area contributed by atoms with Gasteiger partial charge in [0, 0.05) is 33.4 Å². The first kappa shape index (κ1) is 70.3. The zero-order valence-electron chi connectivity index (χ0n) is 56.9. The second-order valence-corrected chi connectivity index (χ2v) is 38.0. The third-order valence-corrected chi connectivity index (χ3v) is 24.0. The highest BCUT2D eigenvalue weighted by molar-refractivity contribution is 7.54. The summed E-state index contributed by atoms with van der Waals surface area (Å²) in [5.74, 6) is -10.9. The molecule has 91 heavy (non-hydrogen) atoms. The lowest BCUT2D eigenvalue weighted by molar-refractivity contribution is -0.135. The number of hydrogen-bond acceptors (Lipinski definition) is 18. The Morgan fingerprint density at radius 1 is 0.286 bits per heavy atom. The van der Waals surface area contributed by atoms with E-state index in [1.165, 1.54) is 36.4 Å². The number of benzene rings is 6. The van der Waals surface area contributed by atoms with Gasteiger partial charge in [0.15, 0.2) is 0 Å². The van der Waals surface area contributed by atoms with E-state index < -0.39 is 88.5 Å². The molecule has 0 bridgehead atoms. The number of rotatable bonds is 6. The maximum absolute atomic E-state index is 17.0. The molecule has 0 unspecified atom stereocenters. The van der Waals surface area contributed by atoms with Crippen molar-refractivity contribution in [2.24, 2.45) is 0 Å². The van der Waals surface area contributed by atoms with Crippen molar-refractivity contribution < 1.29 is 82.2 Å². The van der Waals surface area contributed by atoms with Gasteiger partial charge in [-0.2, -0.15) is 0 Å². The van der Waals surface area contributed by atoms with Crippen LogP contribution in [0.5, 0.6) is 34.5 Å². The van der Waals surface area contributed by atoms with Crippen molar-refractivity contribution in [3.8, 4) is 34.5 Å². The Labute approximate surface area is 541 Å². The quantitative estimate of drug-likeness (QED) is 0.0515. The number of aliphatic hydroxyl groups is 6. The third kappa shape index (κ3) is 13.5. The van der Waals surface area contributed by atoms with Crippen molar-refractivity contribution in [2.45, 2.75) is 216 Å². The zero-order chi connectivity index (χ0) is 68.3. The molecule has 3 aliphatic rings. The van der Waals surface area contributed by atoms with Gasteiger partial charge in [-0.05, 0) is 110 Å². The number of phosphoric acid groups is 3. The minimum atomic E-state index is -5.73. The van der Waals surface area contributed by atoms with Crippen molar-refractivity contribution in [3.05, 3.63) is 173 Å². The molecule has 3 aliphatic heterocycles. The van der Waals surface area contributed by atoms with Crippen molar-refractivity contribution in [1.82, 2.24) is 0 Å². The Kier molecular flexibility index (Phi) is 17.4. The normalized spacial score (nSPS) is 18.0. The van der Waals surface area contributed by atoms with Gasteiger partial charge in [0.2, 0.25) is 17.4 Å². The molecule has 0 atom stereocenters. The molecule has 0 aliphatic carbocycles. The van der Waals surface area contributed by atoms with Gasteiger partial charge in [0.25, 0.3) is 0 Å². The van der Waals surface area contributed by atoms with Gasteiger partial charge in [-0.25, -0.2) is 13.7 Å². The zero-order valence-corrected chi connectivity index (χ0v) is 60.8. The van der Waals surface area contributed by atoms with Crippen molar-refractivity contribution in [1.29, 1.82) is 0 Å². The number of phosphoric ester groups is 3. The summed E-state index contributed by atoms with van der Waals surface area (Å²) in [4.78, 5) is 0. The Morgan fingerprint density at radius 2 is 0.418 bits per heavy atom. The van der Waals surface area contributed by atoms with Crippen molar-refractivity contribution in [2.75, 3.05) is 0 Å². The first-order chi connectivity index (χ1) is 41.1. The lowest BCUT2D eigenvalue weighted by Crippen LogP contribution is -2.36. The molecule has 9 rings (SSSR count). The third-order valence-electron chi connectivity index (χ3n) is 16.4. The molecule has 6 aromatic carbocycles. The Hall–Kier alpha value is -5.02. The van der Waals surface area contributed by atoms with Crippen LogP contribution in [0.1, 0.15) is 225 Å². The first-order valence-corrected chi connectivity index (χ1v) is 36.2. The van der Waals surface area contributed by atoms with Gasteiger partial charge in [-0.1, -0.05) is 194 Å².